The standard InChI is InChI=1S/C35H46N6O8/c1-5-6-8-15-29(42)38-25(18-24-12-9-7-10-13-24)31(44)39-26-20-49-35(48)28-17-21(2)19-41(28)33(46)23(4)37-30(43)22(3)36-32(45)27-14-11-16-40(27)34(26)47/h5-10,12-13,15,21-23,25-28H,11,14,16-20H2,1-4H3,(H,36,45)(H,37,43)(H,38,42)(H,39,44)/b6-5+,15-8+/t21?,22-,23-,25-,26-,27-,28-/m0/s1. The molecule has 3 aliphatic heterocycles. The molecule has 3 heterocycles. The Bertz CT molecular complexity index is 1480. The Morgan fingerprint density at radius 1 is 0.939 bits per heavy atom. The van der Waals surface area contributed by atoms with Crippen molar-refractivity contribution in [2.24, 2.45) is 5.92 Å². The second-order valence-corrected chi connectivity index (χ2v) is 12.8. The fraction of sp³-hybridized carbons (Fsp3) is 0.514. The summed E-state index contributed by atoms with van der Waals surface area (Å²) in [5.74, 6) is -4.37. The smallest absolute Gasteiger partial charge is 0.328 e. The van der Waals surface area contributed by atoms with Crippen LogP contribution in [0.1, 0.15) is 52.5 Å². The lowest BCUT2D eigenvalue weighted by atomic mass is 10.0. The van der Waals surface area contributed by atoms with Gasteiger partial charge in [0.25, 0.3) is 0 Å². The maximum Gasteiger partial charge on any atom is 0.328 e. The van der Waals surface area contributed by atoms with Gasteiger partial charge in [0.2, 0.25) is 35.4 Å². The average Bonchev–Trinajstić information content (AvgIpc) is 3.73. The molecule has 4 N–H and O–H groups in total. The Labute approximate surface area is 286 Å². The number of carbonyl (C=O) groups is 7. The van der Waals surface area contributed by atoms with Gasteiger partial charge in [-0.25, -0.2) is 4.79 Å². The van der Waals surface area contributed by atoms with Crippen molar-refractivity contribution in [2.75, 3.05) is 19.7 Å². The minimum Gasteiger partial charge on any atom is -0.461 e. The molecule has 14 heteroatoms. The highest BCUT2D eigenvalue weighted by atomic mass is 16.5. The zero-order valence-corrected chi connectivity index (χ0v) is 28.3. The number of amides is 6. The molecule has 1 aromatic carbocycles. The van der Waals surface area contributed by atoms with E-state index >= 15 is 0 Å². The Hall–Kier alpha value is -5.01. The highest BCUT2D eigenvalue weighted by molar-refractivity contribution is 5.98. The highest BCUT2D eigenvalue weighted by Crippen LogP contribution is 2.25. The lowest BCUT2D eigenvalue weighted by Crippen LogP contribution is -2.60. The quantitative estimate of drug-likeness (QED) is 0.178. The molecule has 1 aromatic rings. The monoisotopic (exact) mass is 678 g/mol. The Morgan fingerprint density at radius 2 is 1.65 bits per heavy atom. The molecule has 264 valence electrons. The molecule has 7 atom stereocenters. The van der Waals surface area contributed by atoms with Crippen LogP contribution in [-0.4, -0.2) is 107 Å². The number of carbonyl (C=O) groups excluding carboxylic acids is 7. The fourth-order valence-electron chi connectivity index (χ4n) is 6.28. The molecule has 4 rings (SSSR count). The van der Waals surface area contributed by atoms with Crippen molar-refractivity contribution in [3.8, 4) is 0 Å². The number of hydrogen-bond donors (Lipinski definition) is 4. The molecule has 3 saturated heterocycles. The van der Waals surface area contributed by atoms with Crippen molar-refractivity contribution in [3.63, 3.8) is 0 Å². The molecule has 0 radical (unpaired) electrons. The summed E-state index contributed by atoms with van der Waals surface area (Å²) in [5.41, 5.74) is 0.750. The van der Waals surface area contributed by atoms with E-state index in [0.717, 1.165) is 5.56 Å². The van der Waals surface area contributed by atoms with Gasteiger partial charge in [-0.2, -0.15) is 0 Å². The first-order valence-electron chi connectivity index (χ1n) is 16.7. The van der Waals surface area contributed by atoms with Crippen LogP contribution in [0.4, 0.5) is 0 Å². The van der Waals surface area contributed by atoms with Crippen molar-refractivity contribution in [3.05, 3.63) is 60.2 Å². The van der Waals surface area contributed by atoms with Crippen LogP contribution in [0, 0.1) is 5.92 Å². The van der Waals surface area contributed by atoms with Crippen molar-refractivity contribution >= 4 is 41.4 Å². The summed E-state index contributed by atoms with van der Waals surface area (Å²) in [5, 5.41) is 10.6. The van der Waals surface area contributed by atoms with Gasteiger partial charge in [-0.05, 0) is 51.5 Å². The van der Waals surface area contributed by atoms with Gasteiger partial charge in [0, 0.05) is 25.6 Å². The first-order valence-corrected chi connectivity index (χ1v) is 16.7. The van der Waals surface area contributed by atoms with Crippen LogP contribution < -0.4 is 21.3 Å². The molecule has 0 bridgehead atoms. The number of hydrogen-bond acceptors (Lipinski definition) is 8. The normalized spacial score (nSPS) is 27.7. The van der Waals surface area contributed by atoms with Gasteiger partial charge in [-0.3, -0.25) is 28.8 Å². The van der Waals surface area contributed by atoms with E-state index in [4.69, 9.17) is 4.74 Å². The minimum absolute atomic E-state index is 0.0450. The minimum atomic E-state index is -1.42. The molecule has 3 fully saturated rings. The third kappa shape index (κ3) is 9.55. The molecule has 0 aromatic heterocycles. The van der Waals surface area contributed by atoms with Gasteiger partial charge in [0.15, 0.2) is 0 Å². The van der Waals surface area contributed by atoms with Crippen LogP contribution in [0.5, 0.6) is 0 Å². The highest BCUT2D eigenvalue weighted by Gasteiger charge is 2.43. The molecule has 49 heavy (non-hydrogen) atoms. The van der Waals surface area contributed by atoms with Gasteiger partial charge in [0.05, 0.1) is 0 Å². The predicted octanol–water partition coefficient (Wildman–Crippen LogP) is 0.125. The molecule has 1 unspecified atom stereocenters. The number of nitrogens with zero attached hydrogens (tertiary/aromatic N) is 2. The van der Waals surface area contributed by atoms with Crippen molar-refractivity contribution in [2.45, 2.75) is 89.6 Å². The van der Waals surface area contributed by atoms with E-state index in [1.807, 2.05) is 13.0 Å². The Balaban J connectivity index is 1.64. The summed E-state index contributed by atoms with van der Waals surface area (Å²) in [7, 11) is 0. The van der Waals surface area contributed by atoms with E-state index in [-0.39, 0.29) is 25.4 Å². The van der Waals surface area contributed by atoms with Crippen LogP contribution in [0.3, 0.4) is 0 Å². The van der Waals surface area contributed by atoms with Crippen LogP contribution in [0.15, 0.2) is 54.6 Å². The third-order valence-electron chi connectivity index (χ3n) is 8.86. The summed E-state index contributed by atoms with van der Waals surface area (Å²) in [4.78, 5) is 96.5. The SMILES string of the molecule is C/C=C/C=C/C(=O)N[C@@H](Cc1ccccc1)C(=O)N[C@H]1COC(=O)[C@@H]2CC(C)CN2C(=O)[C@H](C)NC(=O)[C@H](C)NC(=O)[C@@H]2CCCN2C1=O. The van der Waals surface area contributed by atoms with Gasteiger partial charge in [-0.1, -0.05) is 55.5 Å². The number of allylic oxidation sites excluding steroid dienone is 3. The van der Waals surface area contributed by atoms with Gasteiger partial charge in [0.1, 0.15) is 42.9 Å². The zero-order chi connectivity index (χ0) is 35.7. The molecule has 0 spiro atoms. The molecular weight excluding hydrogens is 632 g/mol. The molecule has 3 aliphatic rings. The van der Waals surface area contributed by atoms with Crippen molar-refractivity contribution in [1.29, 1.82) is 0 Å². The number of cyclic esters (lactones) is 1. The number of fused-ring (bicyclic) bond motifs is 2. The van der Waals surface area contributed by atoms with E-state index in [0.29, 0.717) is 19.3 Å². The molecule has 0 aliphatic carbocycles. The number of esters is 1. The number of rotatable bonds is 7. The molecular formula is C35H46N6O8. The van der Waals surface area contributed by atoms with Crippen LogP contribution in [-0.2, 0) is 44.7 Å². The van der Waals surface area contributed by atoms with Gasteiger partial charge < -0.3 is 35.8 Å². The first kappa shape index (κ1) is 36.8. The second kappa shape index (κ2) is 16.9. The summed E-state index contributed by atoms with van der Waals surface area (Å²) in [6.45, 7) is 6.53. The largest absolute Gasteiger partial charge is 0.461 e. The number of nitrogens with one attached hydrogen (secondary N) is 4. The predicted molar refractivity (Wildman–Crippen MR) is 178 cm³/mol. The number of benzene rings is 1. The Kier molecular flexibility index (Phi) is 12.7. The first-order chi connectivity index (χ1) is 23.4. The van der Waals surface area contributed by atoms with Crippen molar-refractivity contribution < 1.29 is 38.3 Å². The summed E-state index contributed by atoms with van der Waals surface area (Å²) < 4.78 is 5.64. The maximum absolute atomic E-state index is 14.1. The zero-order valence-electron chi connectivity index (χ0n) is 28.3. The van der Waals surface area contributed by atoms with E-state index in [1.54, 1.807) is 43.3 Å². The Morgan fingerprint density at radius 3 is 2.37 bits per heavy atom. The van der Waals surface area contributed by atoms with Gasteiger partial charge in [-0.15, -0.1) is 0 Å². The van der Waals surface area contributed by atoms with Crippen LogP contribution in [0.25, 0.3) is 0 Å². The van der Waals surface area contributed by atoms with E-state index in [2.05, 4.69) is 21.3 Å². The van der Waals surface area contributed by atoms with Crippen molar-refractivity contribution in [1.82, 2.24) is 31.1 Å². The summed E-state index contributed by atoms with van der Waals surface area (Å²) in [6.07, 6.45) is 7.40. The lowest BCUT2D eigenvalue weighted by Gasteiger charge is -2.31. The average molecular weight is 679 g/mol. The topological polar surface area (TPSA) is 183 Å². The maximum atomic E-state index is 14.1. The number of ether oxygens (including phenoxy) is 1. The van der Waals surface area contributed by atoms with Gasteiger partial charge >= 0.3 is 5.97 Å². The lowest BCUT2D eigenvalue weighted by molar-refractivity contribution is -0.157. The van der Waals surface area contributed by atoms with Crippen LogP contribution >= 0.6 is 0 Å². The van der Waals surface area contributed by atoms with E-state index in [9.17, 15) is 33.6 Å². The van der Waals surface area contributed by atoms with Crippen LogP contribution in [0.2, 0.25) is 0 Å². The van der Waals surface area contributed by atoms with E-state index < -0.39 is 84.3 Å². The van der Waals surface area contributed by atoms with E-state index in [1.165, 1.54) is 35.8 Å². The third-order valence-corrected chi connectivity index (χ3v) is 8.86. The molecule has 14 nitrogen and oxygen atoms in total. The summed E-state index contributed by atoms with van der Waals surface area (Å²) >= 11 is 0. The second-order valence-electron chi connectivity index (χ2n) is 12.8. The molecule has 6 amide bonds. The fourth-order valence-corrected chi connectivity index (χ4v) is 6.28. The summed E-state index contributed by atoms with van der Waals surface area (Å²) in [6, 6.07) is 2.55. The molecule has 0 saturated carbocycles.